The lowest BCUT2D eigenvalue weighted by atomic mass is 9.95. The van der Waals surface area contributed by atoms with E-state index in [2.05, 4.69) is 6.07 Å². The highest BCUT2D eigenvalue weighted by molar-refractivity contribution is 8.00. The Labute approximate surface area is 187 Å². The minimum Gasteiger partial charge on any atom is -0.280 e. The van der Waals surface area contributed by atoms with Crippen LogP contribution in [-0.2, 0) is 17.6 Å². The number of benzene rings is 2. The number of anilines is 2. The lowest BCUT2D eigenvalue weighted by Gasteiger charge is -2.27. The topological polar surface area (TPSA) is 57.0 Å². The molecule has 1 heterocycles. The van der Waals surface area contributed by atoms with Crippen LogP contribution in [0.25, 0.3) is 0 Å². The van der Waals surface area contributed by atoms with Gasteiger partial charge in [-0.3, -0.25) is 9.69 Å². The summed E-state index contributed by atoms with van der Waals surface area (Å²) >= 11 is 1.41. The Morgan fingerprint density at radius 3 is 2.26 bits per heavy atom. The first-order valence-electron chi connectivity index (χ1n) is 10.7. The summed E-state index contributed by atoms with van der Waals surface area (Å²) in [5.74, 6) is -0.00619. The molecule has 1 unspecified atom stereocenters. The molecular formula is C26H25N3OS. The number of fused-ring (bicyclic) bond motifs is 1. The standard InChI is InChI=1S/C26H25N3OS/c1-2-24(31-25-20(18-27)17-19-11-9-10-16-23(19)28-25)26(30)29(21-12-5-3-6-13-21)22-14-7-4-8-15-22/h3-8,12-15,17,24H,2,9-11,16H2,1H3. The summed E-state index contributed by atoms with van der Waals surface area (Å²) in [4.78, 5) is 20.4. The maximum atomic E-state index is 13.8. The largest absolute Gasteiger partial charge is 0.280 e. The van der Waals surface area contributed by atoms with Crippen LogP contribution in [0.3, 0.4) is 0 Å². The second kappa shape index (κ2) is 9.80. The number of hydrogen-bond donors (Lipinski definition) is 0. The van der Waals surface area contributed by atoms with Gasteiger partial charge in [0, 0.05) is 17.1 Å². The van der Waals surface area contributed by atoms with Crippen LogP contribution in [0, 0.1) is 11.3 Å². The number of para-hydroxylation sites is 2. The van der Waals surface area contributed by atoms with E-state index in [1.165, 1.54) is 17.3 Å². The zero-order chi connectivity index (χ0) is 21.6. The van der Waals surface area contributed by atoms with Crippen molar-refractivity contribution in [3.05, 3.63) is 83.6 Å². The normalized spacial score (nSPS) is 13.7. The number of thioether (sulfide) groups is 1. The number of pyridine rings is 1. The Morgan fingerprint density at radius 1 is 1.06 bits per heavy atom. The van der Waals surface area contributed by atoms with Crippen LogP contribution in [-0.4, -0.2) is 16.1 Å². The Balaban J connectivity index is 1.68. The molecule has 1 atom stereocenters. The van der Waals surface area contributed by atoms with Gasteiger partial charge in [0.15, 0.2) is 0 Å². The fourth-order valence-electron chi connectivity index (χ4n) is 3.93. The van der Waals surface area contributed by atoms with Crippen LogP contribution in [0.5, 0.6) is 0 Å². The molecular weight excluding hydrogens is 402 g/mol. The van der Waals surface area contributed by atoms with Crippen LogP contribution >= 0.6 is 11.8 Å². The summed E-state index contributed by atoms with van der Waals surface area (Å²) in [6, 6.07) is 23.7. The number of nitrogens with zero attached hydrogens (tertiary/aromatic N) is 3. The predicted octanol–water partition coefficient (Wildman–Crippen LogP) is 6.07. The van der Waals surface area contributed by atoms with Crippen molar-refractivity contribution in [1.29, 1.82) is 5.26 Å². The molecule has 0 fully saturated rings. The highest BCUT2D eigenvalue weighted by atomic mass is 32.2. The minimum atomic E-state index is -0.346. The van der Waals surface area contributed by atoms with Gasteiger partial charge in [0.25, 0.3) is 0 Å². The van der Waals surface area contributed by atoms with Crippen molar-refractivity contribution in [3.63, 3.8) is 0 Å². The molecule has 0 N–H and O–H groups in total. The number of nitriles is 1. The molecule has 0 radical (unpaired) electrons. The van der Waals surface area contributed by atoms with Crippen LogP contribution < -0.4 is 4.90 Å². The van der Waals surface area contributed by atoms with Crippen molar-refractivity contribution in [2.75, 3.05) is 4.90 Å². The van der Waals surface area contributed by atoms with Crippen LogP contribution in [0.4, 0.5) is 11.4 Å². The van der Waals surface area contributed by atoms with Gasteiger partial charge in [0.2, 0.25) is 5.91 Å². The van der Waals surface area contributed by atoms with Gasteiger partial charge in [-0.2, -0.15) is 5.26 Å². The summed E-state index contributed by atoms with van der Waals surface area (Å²) < 4.78 is 0. The highest BCUT2D eigenvalue weighted by Gasteiger charge is 2.28. The molecule has 0 spiro atoms. The van der Waals surface area contributed by atoms with Crippen LogP contribution in [0.1, 0.15) is 43.0 Å². The van der Waals surface area contributed by atoms with E-state index >= 15 is 0 Å². The number of aryl methyl sites for hydroxylation is 2. The van der Waals surface area contributed by atoms with Gasteiger partial charge in [0.05, 0.1) is 10.8 Å². The fraction of sp³-hybridized carbons (Fsp3) is 0.269. The molecule has 4 nitrogen and oxygen atoms in total. The molecule has 0 saturated carbocycles. The van der Waals surface area contributed by atoms with E-state index in [-0.39, 0.29) is 11.2 Å². The summed E-state index contributed by atoms with van der Waals surface area (Å²) in [6.45, 7) is 2.01. The molecule has 2 aromatic carbocycles. The van der Waals surface area contributed by atoms with Crippen molar-refractivity contribution in [2.45, 2.75) is 49.3 Å². The molecule has 156 valence electrons. The van der Waals surface area contributed by atoms with Gasteiger partial charge >= 0.3 is 0 Å². The Bertz CT molecular complexity index is 1050. The van der Waals surface area contributed by atoms with Gasteiger partial charge < -0.3 is 0 Å². The third kappa shape index (κ3) is 4.65. The summed E-state index contributed by atoms with van der Waals surface area (Å²) in [5.41, 5.74) is 4.50. The first kappa shape index (κ1) is 21.1. The van der Waals surface area contributed by atoms with Crippen molar-refractivity contribution >= 4 is 29.0 Å². The predicted molar refractivity (Wildman–Crippen MR) is 126 cm³/mol. The first-order chi connectivity index (χ1) is 15.2. The molecule has 3 aromatic rings. The highest BCUT2D eigenvalue weighted by Crippen LogP contribution is 2.34. The third-order valence-corrected chi connectivity index (χ3v) is 6.89. The SMILES string of the molecule is CCC(Sc1nc2c(cc1C#N)CCCC2)C(=O)N(c1ccccc1)c1ccccc1. The maximum absolute atomic E-state index is 13.8. The number of amides is 1. The van der Waals surface area contributed by atoms with Crippen LogP contribution in [0.15, 0.2) is 71.8 Å². The lowest BCUT2D eigenvalue weighted by molar-refractivity contribution is -0.117. The van der Waals surface area contributed by atoms with Gasteiger partial charge in [-0.1, -0.05) is 55.1 Å². The van der Waals surface area contributed by atoms with E-state index in [1.54, 1.807) is 4.90 Å². The molecule has 4 rings (SSSR count). The number of hydrogen-bond acceptors (Lipinski definition) is 4. The molecule has 1 amide bonds. The molecule has 0 bridgehead atoms. The number of rotatable bonds is 6. The first-order valence-corrected chi connectivity index (χ1v) is 11.6. The van der Waals surface area contributed by atoms with E-state index in [4.69, 9.17) is 4.98 Å². The average molecular weight is 428 g/mol. The maximum Gasteiger partial charge on any atom is 0.245 e. The Morgan fingerprint density at radius 2 is 1.68 bits per heavy atom. The van der Waals surface area contributed by atoms with Gasteiger partial charge in [-0.25, -0.2) is 4.98 Å². The van der Waals surface area contributed by atoms with Crippen molar-refractivity contribution in [1.82, 2.24) is 4.98 Å². The number of carbonyl (C=O) groups excluding carboxylic acids is 1. The van der Waals surface area contributed by atoms with E-state index in [9.17, 15) is 10.1 Å². The Kier molecular flexibility index (Phi) is 6.69. The number of carbonyl (C=O) groups is 1. The third-order valence-electron chi connectivity index (χ3n) is 5.54. The zero-order valence-corrected chi connectivity index (χ0v) is 18.4. The van der Waals surface area contributed by atoms with Gasteiger partial charge in [0.1, 0.15) is 11.1 Å². The van der Waals surface area contributed by atoms with E-state index in [1.807, 2.05) is 73.7 Å². The minimum absolute atomic E-state index is 0.00619. The monoisotopic (exact) mass is 427 g/mol. The second-order valence-electron chi connectivity index (χ2n) is 7.63. The Hall–Kier alpha value is -3.10. The molecule has 0 saturated heterocycles. The van der Waals surface area contributed by atoms with Gasteiger partial charge in [-0.05, 0) is 68.0 Å². The van der Waals surface area contributed by atoms with Crippen molar-refractivity contribution < 1.29 is 4.79 Å². The molecule has 0 aliphatic heterocycles. The quantitative estimate of drug-likeness (QED) is 0.448. The van der Waals surface area contributed by atoms with Crippen molar-refractivity contribution in [2.24, 2.45) is 0 Å². The van der Waals surface area contributed by atoms with Crippen molar-refractivity contribution in [3.8, 4) is 6.07 Å². The average Bonchev–Trinajstić information content (AvgIpc) is 2.83. The molecule has 1 aliphatic carbocycles. The smallest absolute Gasteiger partial charge is 0.245 e. The van der Waals surface area contributed by atoms with E-state index in [0.29, 0.717) is 17.0 Å². The zero-order valence-electron chi connectivity index (χ0n) is 17.6. The lowest BCUT2D eigenvalue weighted by Crippen LogP contribution is -2.34. The molecule has 31 heavy (non-hydrogen) atoms. The molecule has 1 aliphatic rings. The second-order valence-corrected chi connectivity index (χ2v) is 8.82. The van der Waals surface area contributed by atoms with Crippen LogP contribution in [0.2, 0.25) is 0 Å². The summed E-state index contributed by atoms with van der Waals surface area (Å²) in [7, 11) is 0. The molecule has 5 heteroatoms. The van der Waals surface area contributed by atoms with Gasteiger partial charge in [-0.15, -0.1) is 0 Å². The van der Waals surface area contributed by atoms with E-state index < -0.39 is 0 Å². The fourth-order valence-corrected chi connectivity index (χ4v) is 4.97. The number of aromatic nitrogens is 1. The molecule has 1 aromatic heterocycles. The van der Waals surface area contributed by atoms with E-state index in [0.717, 1.165) is 42.8 Å². The summed E-state index contributed by atoms with van der Waals surface area (Å²) in [6.07, 6.45) is 4.84. The summed E-state index contributed by atoms with van der Waals surface area (Å²) in [5, 5.41) is 10.0.